The lowest BCUT2D eigenvalue weighted by atomic mass is 10.1. The number of primary amides is 1. The first-order chi connectivity index (χ1) is 9.41. The number of nitrogens with one attached hydrogen (secondary N) is 1. The van der Waals surface area contributed by atoms with E-state index in [-0.39, 0.29) is 23.6 Å². The van der Waals surface area contributed by atoms with Gasteiger partial charge >= 0.3 is 5.97 Å². The summed E-state index contributed by atoms with van der Waals surface area (Å²) in [6.07, 6.45) is 0.186. The van der Waals surface area contributed by atoms with Crippen LogP contribution >= 0.6 is 11.8 Å². The number of carbonyl (C=O) groups is 3. The Morgan fingerprint density at radius 3 is 2.65 bits per heavy atom. The fourth-order valence-corrected chi connectivity index (χ4v) is 2.23. The van der Waals surface area contributed by atoms with Gasteiger partial charge in [-0.3, -0.25) is 9.59 Å². The second-order valence-corrected chi connectivity index (χ2v) is 5.22. The van der Waals surface area contributed by atoms with Crippen molar-refractivity contribution in [1.29, 1.82) is 0 Å². The number of anilines is 1. The van der Waals surface area contributed by atoms with Crippen molar-refractivity contribution < 1.29 is 19.5 Å². The van der Waals surface area contributed by atoms with Crippen LogP contribution in [0.1, 0.15) is 22.3 Å². The topological polar surface area (TPSA) is 109 Å². The lowest BCUT2D eigenvalue weighted by Gasteiger charge is -2.11. The molecule has 0 fully saturated rings. The molecule has 20 heavy (non-hydrogen) atoms. The number of benzene rings is 1. The highest BCUT2D eigenvalue weighted by Gasteiger charge is 2.14. The summed E-state index contributed by atoms with van der Waals surface area (Å²) < 4.78 is 0. The van der Waals surface area contributed by atoms with Crippen molar-refractivity contribution in [3.8, 4) is 0 Å². The maximum absolute atomic E-state index is 11.8. The molecule has 0 radical (unpaired) electrons. The molecule has 108 valence electrons. The largest absolute Gasteiger partial charge is 0.478 e. The predicted octanol–water partition coefficient (Wildman–Crippen LogP) is 1.24. The van der Waals surface area contributed by atoms with E-state index in [1.807, 2.05) is 0 Å². The van der Waals surface area contributed by atoms with Gasteiger partial charge in [0, 0.05) is 12.2 Å². The summed E-state index contributed by atoms with van der Waals surface area (Å²) in [5.41, 5.74) is 6.03. The van der Waals surface area contributed by atoms with Crippen LogP contribution in [0.25, 0.3) is 0 Å². The van der Waals surface area contributed by atoms with Crippen molar-refractivity contribution in [3.05, 3.63) is 29.3 Å². The minimum absolute atomic E-state index is 0.0585. The lowest BCUT2D eigenvalue weighted by Crippen LogP contribution is -2.17. The van der Waals surface area contributed by atoms with E-state index >= 15 is 0 Å². The van der Waals surface area contributed by atoms with Crippen LogP contribution in [0.3, 0.4) is 0 Å². The summed E-state index contributed by atoms with van der Waals surface area (Å²) in [4.78, 5) is 33.4. The Hall–Kier alpha value is -2.02. The zero-order valence-electron chi connectivity index (χ0n) is 11.0. The average Bonchev–Trinajstić information content (AvgIpc) is 2.36. The maximum atomic E-state index is 11.8. The van der Waals surface area contributed by atoms with Gasteiger partial charge in [-0.05, 0) is 18.6 Å². The Morgan fingerprint density at radius 2 is 2.05 bits per heavy atom. The molecule has 0 atom stereocenters. The van der Waals surface area contributed by atoms with Gasteiger partial charge in [0.25, 0.3) is 0 Å². The van der Waals surface area contributed by atoms with E-state index in [4.69, 9.17) is 10.8 Å². The number of thioether (sulfide) groups is 1. The Bertz CT molecular complexity index is 531. The predicted molar refractivity (Wildman–Crippen MR) is 77.9 cm³/mol. The van der Waals surface area contributed by atoms with E-state index in [0.717, 1.165) is 0 Å². The third kappa shape index (κ3) is 4.93. The van der Waals surface area contributed by atoms with Crippen LogP contribution in [-0.4, -0.2) is 34.4 Å². The van der Waals surface area contributed by atoms with Crippen LogP contribution in [0.4, 0.5) is 5.69 Å². The standard InChI is InChI=1S/C13H16N2O4S/c1-8-3-2-4-9(13(18)19)12(8)15-11(17)5-6-20-7-10(14)16/h2-4H,5-7H2,1H3,(H2,14,16)(H,15,17)(H,18,19). The van der Waals surface area contributed by atoms with Crippen molar-refractivity contribution in [2.75, 3.05) is 16.8 Å². The number of para-hydroxylation sites is 1. The molecule has 0 saturated carbocycles. The van der Waals surface area contributed by atoms with Crippen molar-refractivity contribution in [1.82, 2.24) is 0 Å². The van der Waals surface area contributed by atoms with Gasteiger partial charge in [0.05, 0.1) is 17.0 Å². The van der Waals surface area contributed by atoms with Crippen LogP contribution in [0, 0.1) is 6.92 Å². The van der Waals surface area contributed by atoms with Crippen molar-refractivity contribution in [2.24, 2.45) is 5.73 Å². The average molecular weight is 296 g/mol. The summed E-state index contributed by atoms with van der Waals surface area (Å²) in [6, 6.07) is 4.79. The van der Waals surface area contributed by atoms with Gasteiger partial charge in [0.15, 0.2) is 0 Å². The first kappa shape index (κ1) is 16.0. The number of aromatic carboxylic acids is 1. The Kier molecular flexibility index (Phi) is 6.05. The van der Waals surface area contributed by atoms with E-state index in [1.165, 1.54) is 17.8 Å². The number of nitrogens with two attached hydrogens (primary N) is 1. The molecule has 0 aliphatic carbocycles. The minimum Gasteiger partial charge on any atom is -0.478 e. The monoisotopic (exact) mass is 296 g/mol. The molecular weight excluding hydrogens is 280 g/mol. The molecule has 0 aromatic heterocycles. The van der Waals surface area contributed by atoms with E-state index in [9.17, 15) is 14.4 Å². The molecule has 0 spiro atoms. The van der Waals surface area contributed by atoms with E-state index in [0.29, 0.717) is 17.0 Å². The fourth-order valence-electron chi connectivity index (χ4n) is 1.55. The SMILES string of the molecule is Cc1cccc(C(=O)O)c1NC(=O)CCSCC(N)=O. The van der Waals surface area contributed by atoms with E-state index in [1.54, 1.807) is 19.1 Å². The molecule has 6 nitrogen and oxygen atoms in total. The lowest BCUT2D eigenvalue weighted by molar-refractivity contribution is -0.116. The van der Waals surface area contributed by atoms with Gasteiger partial charge < -0.3 is 16.2 Å². The summed E-state index contributed by atoms with van der Waals surface area (Å²) in [5.74, 6) is -1.20. The fraction of sp³-hybridized carbons (Fsp3) is 0.308. The number of hydrogen-bond acceptors (Lipinski definition) is 4. The molecule has 0 bridgehead atoms. The quantitative estimate of drug-likeness (QED) is 0.656. The highest BCUT2D eigenvalue weighted by molar-refractivity contribution is 7.99. The van der Waals surface area contributed by atoms with Gasteiger partial charge in [-0.2, -0.15) is 11.8 Å². The van der Waals surface area contributed by atoms with Crippen molar-refractivity contribution in [3.63, 3.8) is 0 Å². The van der Waals surface area contributed by atoms with Crippen LogP contribution in [0.2, 0.25) is 0 Å². The highest BCUT2D eigenvalue weighted by Crippen LogP contribution is 2.21. The molecular formula is C13H16N2O4S. The third-order valence-electron chi connectivity index (χ3n) is 2.49. The zero-order chi connectivity index (χ0) is 15.1. The van der Waals surface area contributed by atoms with Crippen LogP contribution in [-0.2, 0) is 9.59 Å². The first-order valence-electron chi connectivity index (χ1n) is 5.90. The molecule has 0 unspecified atom stereocenters. The number of rotatable bonds is 7. The number of aryl methyl sites for hydroxylation is 1. The number of hydrogen-bond donors (Lipinski definition) is 3. The van der Waals surface area contributed by atoms with Crippen LogP contribution < -0.4 is 11.1 Å². The Labute approximate surface area is 120 Å². The maximum Gasteiger partial charge on any atom is 0.337 e. The summed E-state index contributed by atoms with van der Waals surface area (Å²) in [6.45, 7) is 1.73. The van der Waals surface area contributed by atoms with Gasteiger partial charge in [-0.15, -0.1) is 0 Å². The smallest absolute Gasteiger partial charge is 0.337 e. The van der Waals surface area contributed by atoms with Crippen molar-refractivity contribution >= 4 is 35.2 Å². The molecule has 2 amide bonds. The van der Waals surface area contributed by atoms with Crippen LogP contribution in [0.15, 0.2) is 18.2 Å². The molecule has 1 aromatic carbocycles. The Morgan fingerprint density at radius 1 is 1.35 bits per heavy atom. The van der Waals surface area contributed by atoms with Gasteiger partial charge in [0.2, 0.25) is 11.8 Å². The van der Waals surface area contributed by atoms with Gasteiger partial charge in [-0.25, -0.2) is 4.79 Å². The minimum atomic E-state index is -1.09. The highest BCUT2D eigenvalue weighted by atomic mass is 32.2. The number of carboxylic acid groups (broad SMARTS) is 1. The molecule has 1 aromatic rings. The number of carboxylic acids is 1. The second-order valence-electron chi connectivity index (χ2n) is 4.12. The molecule has 0 aliphatic heterocycles. The second kappa shape index (κ2) is 7.54. The van der Waals surface area contributed by atoms with Crippen LogP contribution in [0.5, 0.6) is 0 Å². The number of carbonyl (C=O) groups excluding carboxylic acids is 2. The Balaban J connectivity index is 2.62. The third-order valence-corrected chi connectivity index (χ3v) is 3.47. The zero-order valence-corrected chi connectivity index (χ0v) is 11.8. The first-order valence-corrected chi connectivity index (χ1v) is 7.06. The van der Waals surface area contributed by atoms with Gasteiger partial charge in [-0.1, -0.05) is 12.1 Å². The number of amides is 2. The van der Waals surface area contributed by atoms with E-state index < -0.39 is 11.9 Å². The summed E-state index contributed by atoms with van der Waals surface area (Å²) in [7, 11) is 0. The summed E-state index contributed by atoms with van der Waals surface area (Å²) in [5, 5.41) is 11.7. The molecule has 7 heteroatoms. The molecule has 0 heterocycles. The van der Waals surface area contributed by atoms with Crippen molar-refractivity contribution in [2.45, 2.75) is 13.3 Å². The molecule has 0 saturated heterocycles. The molecule has 4 N–H and O–H groups in total. The normalized spacial score (nSPS) is 10.1. The summed E-state index contributed by atoms with van der Waals surface area (Å²) >= 11 is 1.26. The van der Waals surface area contributed by atoms with Gasteiger partial charge in [0.1, 0.15) is 0 Å². The molecule has 0 aliphatic rings. The van der Waals surface area contributed by atoms with E-state index in [2.05, 4.69) is 5.32 Å². The molecule has 1 rings (SSSR count).